The van der Waals surface area contributed by atoms with Gasteiger partial charge >= 0.3 is 0 Å². The second kappa shape index (κ2) is 6.19. The smallest absolute Gasteiger partial charge is 0.294 e. The lowest BCUT2D eigenvalue weighted by molar-refractivity contribution is -0.384. The standard InChI is InChI=1S/C14H14FN3O3/c1-9-5-6-11(15)7-13(9)21-8-10-3-2-4-12(18(19)20)14(10)17-16/h2-7,17H,8,16H2,1H3. The molecule has 2 aromatic carbocycles. The van der Waals surface area contributed by atoms with Crippen LogP contribution in [0.5, 0.6) is 5.75 Å². The van der Waals surface area contributed by atoms with Gasteiger partial charge in [0, 0.05) is 17.7 Å². The van der Waals surface area contributed by atoms with Crippen LogP contribution in [0.15, 0.2) is 36.4 Å². The number of aryl methyl sites for hydroxylation is 1. The molecule has 0 radical (unpaired) electrons. The zero-order valence-electron chi connectivity index (χ0n) is 11.3. The fourth-order valence-corrected chi connectivity index (χ4v) is 1.91. The fraction of sp³-hybridized carbons (Fsp3) is 0.143. The summed E-state index contributed by atoms with van der Waals surface area (Å²) in [4.78, 5) is 10.4. The number of benzene rings is 2. The molecule has 0 saturated carbocycles. The second-order valence-corrected chi connectivity index (χ2v) is 4.41. The number of halogens is 1. The lowest BCUT2D eigenvalue weighted by Gasteiger charge is -2.12. The van der Waals surface area contributed by atoms with Crippen LogP contribution in [-0.4, -0.2) is 4.92 Å². The third-order valence-corrected chi connectivity index (χ3v) is 3.00. The molecule has 0 spiro atoms. The summed E-state index contributed by atoms with van der Waals surface area (Å²) < 4.78 is 18.7. The Hall–Kier alpha value is -2.67. The number of nitro groups is 1. The molecule has 2 rings (SSSR count). The molecular weight excluding hydrogens is 277 g/mol. The van der Waals surface area contributed by atoms with Crippen LogP contribution in [-0.2, 0) is 6.61 Å². The number of nitrogens with two attached hydrogens (primary N) is 1. The lowest BCUT2D eigenvalue weighted by atomic mass is 10.1. The number of nitrogens with zero attached hydrogens (tertiary/aromatic N) is 1. The van der Waals surface area contributed by atoms with Crippen molar-refractivity contribution < 1.29 is 14.1 Å². The monoisotopic (exact) mass is 291 g/mol. The molecule has 0 aliphatic heterocycles. The number of nitrogen functional groups attached to an aromatic ring is 1. The van der Waals surface area contributed by atoms with Crippen molar-refractivity contribution in [3.8, 4) is 5.75 Å². The number of nitrogens with one attached hydrogen (secondary N) is 1. The minimum absolute atomic E-state index is 0.0332. The maximum absolute atomic E-state index is 13.2. The molecule has 0 aliphatic rings. The topological polar surface area (TPSA) is 90.4 Å². The van der Waals surface area contributed by atoms with E-state index >= 15 is 0 Å². The summed E-state index contributed by atoms with van der Waals surface area (Å²) in [5.41, 5.74) is 3.62. The molecule has 0 aromatic heterocycles. The Bertz CT molecular complexity index is 677. The number of hydrogen-bond donors (Lipinski definition) is 2. The zero-order chi connectivity index (χ0) is 15.4. The van der Waals surface area contributed by atoms with Gasteiger partial charge in [0.15, 0.2) is 0 Å². The van der Waals surface area contributed by atoms with Gasteiger partial charge in [-0.1, -0.05) is 18.2 Å². The number of nitro benzene ring substituents is 1. The quantitative estimate of drug-likeness (QED) is 0.502. The first kappa shape index (κ1) is 14.7. The van der Waals surface area contributed by atoms with Crippen LogP contribution in [0.2, 0.25) is 0 Å². The molecule has 0 fully saturated rings. The van der Waals surface area contributed by atoms with E-state index in [1.165, 1.54) is 24.3 Å². The average Bonchev–Trinajstić information content (AvgIpc) is 2.47. The van der Waals surface area contributed by atoms with Crippen LogP contribution in [0.25, 0.3) is 0 Å². The van der Waals surface area contributed by atoms with Gasteiger partial charge in [0.05, 0.1) is 4.92 Å². The van der Waals surface area contributed by atoms with E-state index in [0.717, 1.165) is 5.56 Å². The number of hydrazine groups is 1. The highest BCUT2D eigenvalue weighted by Gasteiger charge is 2.17. The Morgan fingerprint density at radius 3 is 2.81 bits per heavy atom. The van der Waals surface area contributed by atoms with Gasteiger partial charge < -0.3 is 10.2 Å². The highest BCUT2D eigenvalue weighted by molar-refractivity contribution is 5.65. The molecule has 2 aromatic rings. The average molecular weight is 291 g/mol. The van der Waals surface area contributed by atoms with E-state index < -0.39 is 10.7 Å². The molecule has 0 bridgehead atoms. The Morgan fingerprint density at radius 2 is 2.14 bits per heavy atom. The van der Waals surface area contributed by atoms with Gasteiger partial charge in [-0.3, -0.25) is 16.0 Å². The SMILES string of the molecule is Cc1ccc(F)cc1OCc1cccc([N+](=O)[O-])c1NN. The van der Waals surface area contributed by atoms with Crippen LogP contribution in [0.3, 0.4) is 0 Å². The van der Waals surface area contributed by atoms with Crippen molar-refractivity contribution in [3.05, 3.63) is 63.5 Å². The number of anilines is 1. The summed E-state index contributed by atoms with van der Waals surface area (Å²) in [6, 6.07) is 8.73. The largest absolute Gasteiger partial charge is 0.488 e. The molecule has 0 atom stereocenters. The Labute approximate surface area is 120 Å². The molecule has 0 amide bonds. The predicted molar refractivity (Wildman–Crippen MR) is 76.4 cm³/mol. The zero-order valence-corrected chi connectivity index (χ0v) is 11.3. The van der Waals surface area contributed by atoms with E-state index in [1.54, 1.807) is 19.1 Å². The number of ether oxygens (including phenoxy) is 1. The molecular formula is C14H14FN3O3. The number of rotatable bonds is 5. The molecule has 6 nitrogen and oxygen atoms in total. The maximum Gasteiger partial charge on any atom is 0.294 e. The summed E-state index contributed by atoms with van der Waals surface area (Å²) in [5, 5.41) is 10.9. The van der Waals surface area contributed by atoms with Crippen molar-refractivity contribution in [1.29, 1.82) is 0 Å². The molecule has 0 heterocycles. The van der Waals surface area contributed by atoms with Gasteiger partial charge in [-0.2, -0.15) is 0 Å². The molecule has 7 heteroatoms. The Balaban J connectivity index is 2.26. The van der Waals surface area contributed by atoms with Crippen LogP contribution in [0, 0.1) is 22.9 Å². The highest BCUT2D eigenvalue weighted by Crippen LogP contribution is 2.29. The van der Waals surface area contributed by atoms with Gasteiger partial charge in [0.1, 0.15) is 23.9 Å². The summed E-state index contributed by atoms with van der Waals surface area (Å²) in [6.07, 6.45) is 0. The first-order chi connectivity index (χ1) is 10.0. The van der Waals surface area contributed by atoms with Gasteiger partial charge in [-0.15, -0.1) is 0 Å². The summed E-state index contributed by atoms with van der Waals surface area (Å²) in [6.45, 7) is 1.82. The van der Waals surface area contributed by atoms with Gasteiger partial charge in [-0.25, -0.2) is 4.39 Å². The summed E-state index contributed by atoms with van der Waals surface area (Å²) in [5.74, 6) is 5.31. The fourth-order valence-electron chi connectivity index (χ4n) is 1.91. The minimum Gasteiger partial charge on any atom is -0.488 e. The first-order valence-electron chi connectivity index (χ1n) is 6.14. The predicted octanol–water partition coefficient (Wildman–Crippen LogP) is 2.91. The number of hydrogen-bond acceptors (Lipinski definition) is 5. The lowest BCUT2D eigenvalue weighted by Crippen LogP contribution is -2.12. The van der Waals surface area contributed by atoms with Crippen LogP contribution < -0.4 is 16.0 Å². The van der Waals surface area contributed by atoms with Crippen LogP contribution in [0.4, 0.5) is 15.8 Å². The molecule has 0 aliphatic carbocycles. The van der Waals surface area contributed by atoms with E-state index in [4.69, 9.17) is 10.6 Å². The van der Waals surface area contributed by atoms with Crippen LogP contribution in [0.1, 0.15) is 11.1 Å². The summed E-state index contributed by atoms with van der Waals surface area (Å²) >= 11 is 0. The molecule has 110 valence electrons. The Morgan fingerprint density at radius 1 is 1.38 bits per heavy atom. The molecule has 0 unspecified atom stereocenters. The first-order valence-corrected chi connectivity index (χ1v) is 6.14. The maximum atomic E-state index is 13.2. The van der Waals surface area contributed by atoms with Gasteiger partial charge in [0.25, 0.3) is 5.69 Å². The van der Waals surface area contributed by atoms with Gasteiger partial charge in [0.2, 0.25) is 0 Å². The minimum atomic E-state index is -0.536. The van der Waals surface area contributed by atoms with E-state index in [0.29, 0.717) is 11.3 Å². The van der Waals surface area contributed by atoms with Crippen molar-refractivity contribution in [2.24, 2.45) is 5.84 Å². The van der Waals surface area contributed by atoms with Crippen molar-refractivity contribution >= 4 is 11.4 Å². The van der Waals surface area contributed by atoms with E-state index in [-0.39, 0.29) is 18.0 Å². The third-order valence-electron chi connectivity index (χ3n) is 3.00. The highest BCUT2D eigenvalue weighted by atomic mass is 19.1. The normalized spacial score (nSPS) is 10.2. The van der Waals surface area contributed by atoms with Crippen LogP contribution >= 0.6 is 0 Å². The van der Waals surface area contributed by atoms with E-state index in [1.807, 2.05) is 0 Å². The van der Waals surface area contributed by atoms with Crippen molar-refractivity contribution in [1.82, 2.24) is 0 Å². The van der Waals surface area contributed by atoms with E-state index in [2.05, 4.69) is 5.43 Å². The van der Waals surface area contributed by atoms with E-state index in [9.17, 15) is 14.5 Å². The van der Waals surface area contributed by atoms with Gasteiger partial charge in [-0.05, 0) is 18.6 Å². The summed E-state index contributed by atoms with van der Waals surface area (Å²) in [7, 11) is 0. The number of para-hydroxylation sites is 1. The molecule has 0 saturated heterocycles. The van der Waals surface area contributed by atoms with Crippen molar-refractivity contribution in [3.63, 3.8) is 0 Å². The van der Waals surface area contributed by atoms with Crippen molar-refractivity contribution in [2.75, 3.05) is 5.43 Å². The third kappa shape index (κ3) is 3.26. The second-order valence-electron chi connectivity index (χ2n) is 4.41. The molecule has 21 heavy (non-hydrogen) atoms. The molecule has 3 N–H and O–H groups in total. The Kier molecular flexibility index (Phi) is 4.34. The van der Waals surface area contributed by atoms with Crippen molar-refractivity contribution in [2.45, 2.75) is 13.5 Å².